The van der Waals surface area contributed by atoms with E-state index in [-0.39, 0.29) is 0 Å². The largest absolute Gasteiger partial charge is 0.493 e. The van der Waals surface area contributed by atoms with Crippen LogP contribution >= 0.6 is 0 Å². The summed E-state index contributed by atoms with van der Waals surface area (Å²) in [6.07, 6.45) is 4.07. The minimum atomic E-state index is 0.370. The van der Waals surface area contributed by atoms with E-state index < -0.39 is 0 Å². The lowest BCUT2D eigenvalue weighted by molar-refractivity contribution is 0.165. The van der Waals surface area contributed by atoms with E-state index in [0.29, 0.717) is 12.6 Å². The summed E-state index contributed by atoms with van der Waals surface area (Å²) in [6.45, 7) is 8.64. The number of benzene rings is 2. The second-order valence-electron chi connectivity index (χ2n) is 6.85. The van der Waals surface area contributed by atoms with Crippen molar-refractivity contribution in [3.63, 3.8) is 0 Å². The Morgan fingerprint density at radius 2 is 1.89 bits per heavy atom. The molecule has 0 radical (unpaired) electrons. The summed E-state index contributed by atoms with van der Waals surface area (Å²) in [6, 6.07) is 16.9. The van der Waals surface area contributed by atoms with E-state index in [2.05, 4.69) is 41.1 Å². The third-order valence-electron chi connectivity index (χ3n) is 5.05. The van der Waals surface area contributed by atoms with Gasteiger partial charge >= 0.3 is 0 Å². The van der Waals surface area contributed by atoms with Gasteiger partial charge in [0.1, 0.15) is 6.61 Å². The Hall–Kier alpha value is -2.30. The molecule has 0 aliphatic carbocycles. The van der Waals surface area contributed by atoms with Gasteiger partial charge in [0.2, 0.25) is 0 Å². The molecule has 1 N–H and O–H groups in total. The van der Waals surface area contributed by atoms with Crippen molar-refractivity contribution >= 4 is 0 Å². The Balaban J connectivity index is 1.80. The molecule has 0 saturated carbocycles. The molecule has 4 nitrogen and oxygen atoms in total. The summed E-state index contributed by atoms with van der Waals surface area (Å²) < 4.78 is 11.7. The highest BCUT2D eigenvalue weighted by atomic mass is 16.5. The Labute approximate surface area is 162 Å². The molecule has 27 heavy (non-hydrogen) atoms. The first-order valence-corrected chi connectivity index (χ1v) is 9.72. The van der Waals surface area contributed by atoms with Crippen LogP contribution in [0.5, 0.6) is 11.5 Å². The molecule has 2 aromatic rings. The fourth-order valence-electron chi connectivity index (χ4n) is 3.58. The first-order valence-electron chi connectivity index (χ1n) is 9.72. The van der Waals surface area contributed by atoms with E-state index >= 15 is 0 Å². The minimum Gasteiger partial charge on any atom is -0.493 e. The van der Waals surface area contributed by atoms with Gasteiger partial charge in [-0.2, -0.15) is 0 Å². The zero-order valence-corrected chi connectivity index (χ0v) is 16.2. The molecule has 1 heterocycles. The number of hydrogen-bond acceptors (Lipinski definition) is 4. The highest BCUT2D eigenvalue weighted by molar-refractivity contribution is 5.44. The summed E-state index contributed by atoms with van der Waals surface area (Å²) in [5, 5.41) is 3.44. The van der Waals surface area contributed by atoms with Gasteiger partial charge in [0.15, 0.2) is 11.5 Å². The van der Waals surface area contributed by atoms with E-state index in [0.717, 1.165) is 56.1 Å². The Bertz CT molecular complexity index is 712. The van der Waals surface area contributed by atoms with Crippen molar-refractivity contribution in [3.05, 3.63) is 72.3 Å². The van der Waals surface area contributed by atoms with Crippen LogP contribution in [0.25, 0.3) is 0 Å². The van der Waals surface area contributed by atoms with Crippen molar-refractivity contribution in [2.24, 2.45) is 0 Å². The van der Waals surface area contributed by atoms with E-state index in [4.69, 9.17) is 9.47 Å². The van der Waals surface area contributed by atoms with Crippen LogP contribution in [0.4, 0.5) is 0 Å². The Morgan fingerprint density at radius 1 is 1.11 bits per heavy atom. The van der Waals surface area contributed by atoms with Crippen LogP contribution < -0.4 is 14.8 Å². The Kier molecular flexibility index (Phi) is 7.31. The molecular weight excluding hydrogens is 336 g/mol. The minimum absolute atomic E-state index is 0.370. The Morgan fingerprint density at radius 3 is 2.59 bits per heavy atom. The normalized spacial score (nSPS) is 15.9. The van der Waals surface area contributed by atoms with Crippen molar-refractivity contribution < 1.29 is 9.47 Å². The van der Waals surface area contributed by atoms with Gasteiger partial charge in [-0.05, 0) is 36.1 Å². The first kappa shape index (κ1) is 19.5. The molecule has 0 aromatic heterocycles. The van der Waals surface area contributed by atoms with Crippen molar-refractivity contribution in [1.82, 2.24) is 10.2 Å². The zero-order chi connectivity index (χ0) is 18.9. The lowest BCUT2D eigenvalue weighted by Gasteiger charge is -2.35. The molecule has 144 valence electrons. The second-order valence-corrected chi connectivity index (χ2v) is 6.85. The second kappa shape index (κ2) is 10.1. The third kappa shape index (κ3) is 5.34. The van der Waals surface area contributed by atoms with Crippen molar-refractivity contribution in [1.29, 1.82) is 0 Å². The van der Waals surface area contributed by atoms with Gasteiger partial charge in [-0.1, -0.05) is 42.5 Å². The van der Waals surface area contributed by atoms with Crippen molar-refractivity contribution in [3.8, 4) is 11.5 Å². The van der Waals surface area contributed by atoms with E-state index in [1.165, 1.54) is 5.56 Å². The van der Waals surface area contributed by atoms with Crippen LogP contribution in [-0.2, 0) is 6.61 Å². The highest BCUT2D eigenvalue weighted by Crippen LogP contribution is 2.34. The lowest BCUT2D eigenvalue weighted by Crippen LogP contribution is -2.45. The average molecular weight is 367 g/mol. The summed E-state index contributed by atoms with van der Waals surface area (Å²) >= 11 is 0. The molecule has 1 atom stereocenters. The van der Waals surface area contributed by atoms with Gasteiger partial charge in [0.25, 0.3) is 0 Å². The maximum Gasteiger partial charge on any atom is 0.161 e. The number of methoxy groups -OCH3 is 1. The molecule has 3 rings (SSSR count). The van der Waals surface area contributed by atoms with Crippen LogP contribution in [0.1, 0.15) is 30.0 Å². The van der Waals surface area contributed by atoms with Crippen LogP contribution in [0.3, 0.4) is 0 Å². The predicted molar refractivity (Wildman–Crippen MR) is 110 cm³/mol. The topological polar surface area (TPSA) is 33.7 Å². The van der Waals surface area contributed by atoms with Crippen LogP contribution in [-0.4, -0.2) is 38.2 Å². The quantitative estimate of drug-likeness (QED) is 0.675. The van der Waals surface area contributed by atoms with Gasteiger partial charge in [0.05, 0.1) is 7.11 Å². The lowest BCUT2D eigenvalue weighted by atomic mass is 9.99. The highest BCUT2D eigenvalue weighted by Gasteiger charge is 2.22. The van der Waals surface area contributed by atoms with Crippen LogP contribution in [0, 0.1) is 0 Å². The number of nitrogens with one attached hydrogen (secondary N) is 1. The molecular formula is C23H30N2O2. The number of hydrogen-bond donors (Lipinski definition) is 1. The first-order chi connectivity index (χ1) is 13.3. The molecule has 1 saturated heterocycles. The molecule has 1 aliphatic rings. The SMILES string of the molecule is C=CCC[C@H](c1ccc(OC)c(OCc2ccccc2)c1)N1CCNCC1. The molecule has 0 amide bonds. The molecule has 2 aromatic carbocycles. The number of ether oxygens (including phenoxy) is 2. The maximum absolute atomic E-state index is 6.12. The van der Waals surface area contributed by atoms with Gasteiger partial charge in [-0.3, -0.25) is 4.90 Å². The number of rotatable bonds is 9. The van der Waals surface area contributed by atoms with Gasteiger partial charge < -0.3 is 14.8 Å². The monoisotopic (exact) mass is 366 g/mol. The van der Waals surface area contributed by atoms with E-state index in [1.807, 2.05) is 30.3 Å². The fraction of sp³-hybridized carbons (Fsp3) is 0.391. The summed E-state index contributed by atoms with van der Waals surface area (Å²) in [4.78, 5) is 2.56. The van der Waals surface area contributed by atoms with Crippen LogP contribution in [0.2, 0.25) is 0 Å². The molecule has 0 bridgehead atoms. The van der Waals surface area contributed by atoms with Crippen LogP contribution in [0.15, 0.2) is 61.2 Å². The van der Waals surface area contributed by atoms with Gasteiger partial charge in [-0.25, -0.2) is 0 Å². The molecule has 0 unspecified atom stereocenters. The summed E-state index contributed by atoms with van der Waals surface area (Å²) in [5.74, 6) is 1.58. The molecule has 1 fully saturated rings. The van der Waals surface area contributed by atoms with Gasteiger partial charge in [-0.15, -0.1) is 6.58 Å². The van der Waals surface area contributed by atoms with E-state index in [9.17, 15) is 0 Å². The maximum atomic E-state index is 6.12. The average Bonchev–Trinajstić information content (AvgIpc) is 2.74. The third-order valence-corrected chi connectivity index (χ3v) is 5.05. The summed E-state index contributed by atoms with van der Waals surface area (Å²) in [5.41, 5.74) is 2.43. The molecule has 0 spiro atoms. The smallest absolute Gasteiger partial charge is 0.161 e. The number of allylic oxidation sites excluding steroid dienone is 1. The van der Waals surface area contributed by atoms with Crippen molar-refractivity contribution in [2.45, 2.75) is 25.5 Å². The van der Waals surface area contributed by atoms with Crippen molar-refractivity contribution in [2.75, 3.05) is 33.3 Å². The number of nitrogens with zero attached hydrogens (tertiary/aromatic N) is 1. The standard InChI is InChI=1S/C23H30N2O2/c1-3-4-10-21(25-15-13-24-14-16-25)20-11-12-22(26-2)23(17-20)27-18-19-8-6-5-7-9-19/h3,5-9,11-12,17,21,24H,1,4,10,13-16,18H2,2H3/t21-/m1/s1. The number of piperazine rings is 1. The molecule has 1 aliphatic heterocycles. The van der Waals surface area contributed by atoms with E-state index in [1.54, 1.807) is 7.11 Å². The summed E-state index contributed by atoms with van der Waals surface area (Å²) in [7, 11) is 1.69. The van der Waals surface area contributed by atoms with Gasteiger partial charge in [0, 0.05) is 32.2 Å². The molecule has 4 heteroatoms. The zero-order valence-electron chi connectivity index (χ0n) is 16.2. The fourth-order valence-corrected chi connectivity index (χ4v) is 3.58. The predicted octanol–water partition coefficient (Wildman–Crippen LogP) is 4.19.